The number of aromatic amines is 2. The number of hydrogen-bond acceptors (Lipinski definition) is 4. The number of aliphatic hydroxyl groups excluding tert-OH is 1. The third-order valence-corrected chi connectivity index (χ3v) is 4.92. The molecule has 0 atom stereocenters. The summed E-state index contributed by atoms with van der Waals surface area (Å²) in [5, 5.41) is 8.62. The van der Waals surface area contributed by atoms with E-state index in [2.05, 4.69) is 4.98 Å². The first-order valence-electron chi connectivity index (χ1n) is 9.73. The number of aromatic nitrogens is 2. The topological polar surface area (TPSA) is 85.9 Å². The average Bonchev–Trinajstić information content (AvgIpc) is 2.74. The number of fused-ring (bicyclic) bond motifs is 1. The van der Waals surface area contributed by atoms with Gasteiger partial charge in [0.05, 0.1) is 23.1 Å². The maximum absolute atomic E-state index is 14.4. The Labute approximate surface area is 184 Å². The van der Waals surface area contributed by atoms with Crippen LogP contribution >= 0.6 is 11.8 Å². The van der Waals surface area contributed by atoms with E-state index in [9.17, 15) is 31.5 Å². The summed E-state index contributed by atoms with van der Waals surface area (Å²) in [6.45, 7) is 7.57. The minimum atomic E-state index is -4.98. The van der Waals surface area contributed by atoms with E-state index in [0.717, 1.165) is 12.1 Å². The molecule has 11 heteroatoms. The van der Waals surface area contributed by atoms with Crippen molar-refractivity contribution >= 4 is 22.7 Å². The number of nitrogens with one attached hydrogen (secondary N) is 2. The summed E-state index contributed by atoms with van der Waals surface area (Å²) in [7, 11) is 0. The van der Waals surface area contributed by atoms with Crippen molar-refractivity contribution in [3.63, 3.8) is 0 Å². The largest absolute Gasteiger partial charge is 0.417 e. The molecule has 0 aliphatic carbocycles. The van der Waals surface area contributed by atoms with Gasteiger partial charge >= 0.3 is 11.9 Å². The third kappa shape index (κ3) is 5.98. The van der Waals surface area contributed by atoms with E-state index in [1.165, 1.54) is 0 Å². The van der Waals surface area contributed by atoms with Crippen molar-refractivity contribution in [3.05, 3.63) is 62.3 Å². The van der Waals surface area contributed by atoms with E-state index in [4.69, 9.17) is 5.11 Å². The first-order chi connectivity index (χ1) is 15.1. The fourth-order valence-corrected chi connectivity index (χ4v) is 3.72. The molecule has 1 aromatic heterocycles. The molecule has 0 bridgehead atoms. The molecule has 5 nitrogen and oxygen atoms in total. The Morgan fingerprint density at radius 2 is 1.62 bits per heavy atom. The lowest BCUT2D eigenvalue weighted by Gasteiger charge is -2.19. The van der Waals surface area contributed by atoms with E-state index in [0.29, 0.717) is 23.9 Å². The summed E-state index contributed by atoms with van der Waals surface area (Å²) in [5.74, 6) is -2.32. The zero-order valence-electron chi connectivity index (χ0n) is 17.8. The second-order valence-electron chi connectivity index (χ2n) is 5.65. The minimum Gasteiger partial charge on any atom is -0.396 e. The smallest absolute Gasteiger partial charge is 0.396 e. The Morgan fingerprint density at radius 3 is 2.16 bits per heavy atom. The van der Waals surface area contributed by atoms with Gasteiger partial charge in [-0.3, -0.25) is 9.78 Å². The zero-order valence-corrected chi connectivity index (χ0v) is 18.6. The zero-order chi connectivity index (χ0) is 24.6. The highest BCUT2D eigenvalue weighted by Gasteiger charge is 2.37. The molecule has 176 valence electrons. The maximum atomic E-state index is 14.4. The molecule has 3 aromatic rings. The van der Waals surface area contributed by atoms with E-state index in [1.807, 2.05) is 32.7 Å². The molecule has 0 spiro atoms. The number of halogens is 5. The van der Waals surface area contributed by atoms with E-state index in [-0.39, 0.29) is 16.2 Å². The second kappa shape index (κ2) is 11.8. The van der Waals surface area contributed by atoms with E-state index >= 15 is 0 Å². The fourth-order valence-electron chi connectivity index (χ4n) is 2.75. The van der Waals surface area contributed by atoms with Gasteiger partial charge < -0.3 is 10.1 Å². The summed E-state index contributed by atoms with van der Waals surface area (Å²) in [6.07, 6.45) is -4.98. The lowest BCUT2D eigenvalue weighted by molar-refractivity contribution is -0.137. The number of thioether (sulfide) groups is 1. The van der Waals surface area contributed by atoms with E-state index in [1.54, 1.807) is 0 Å². The number of rotatable bonds is 4. The number of aliphatic hydroxyl groups is 1. The molecule has 0 radical (unpaired) electrons. The first-order valence-corrected chi connectivity index (χ1v) is 10.7. The van der Waals surface area contributed by atoms with Crippen molar-refractivity contribution < 1.29 is 27.1 Å². The Bertz CT molecular complexity index is 1170. The number of benzene rings is 2. The molecular weight excluding hydrogens is 455 g/mol. The molecule has 0 aliphatic rings. The molecule has 0 amide bonds. The highest BCUT2D eigenvalue weighted by atomic mass is 32.2. The Morgan fingerprint density at radius 1 is 1.00 bits per heavy atom. The molecule has 0 aliphatic heterocycles. The summed E-state index contributed by atoms with van der Waals surface area (Å²) in [6, 6.07) is 2.57. The normalized spacial score (nSPS) is 10.8. The van der Waals surface area contributed by atoms with Gasteiger partial charge in [0.2, 0.25) is 0 Å². The van der Waals surface area contributed by atoms with Gasteiger partial charge in [-0.1, -0.05) is 27.7 Å². The van der Waals surface area contributed by atoms with Gasteiger partial charge in [-0.05, 0) is 18.2 Å². The van der Waals surface area contributed by atoms with Crippen LogP contribution < -0.4 is 11.2 Å². The van der Waals surface area contributed by atoms with Crippen molar-refractivity contribution in [1.82, 2.24) is 9.97 Å². The Kier molecular flexibility index (Phi) is 10.1. The molecule has 32 heavy (non-hydrogen) atoms. The lowest BCUT2D eigenvalue weighted by atomic mass is 9.96. The van der Waals surface area contributed by atoms with Crippen LogP contribution in [-0.2, 0) is 6.18 Å². The van der Waals surface area contributed by atoms with Crippen molar-refractivity contribution in [3.8, 4) is 11.1 Å². The van der Waals surface area contributed by atoms with Crippen LogP contribution in [0.5, 0.6) is 0 Å². The summed E-state index contributed by atoms with van der Waals surface area (Å²) in [4.78, 5) is 27.5. The number of alkyl halides is 3. The van der Waals surface area contributed by atoms with Crippen molar-refractivity contribution in [1.29, 1.82) is 0 Å². The standard InChI is InChI=1S/C17H11F5N2O3S.2C2H6/c18-7-1-2-8(11(19)5-7)12-10(17(20,21)22)6-9-13(14(12)28-4-3-25)23-16(27)24-15(9)26;2*1-2/h1-2,5-6,25H,3-4H2,(H2,23,24,26,27);2*1-2H3. The molecule has 0 unspecified atom stereocenters. The molecule has 0 saturated carbocycles. The third-order valence-electron chi connectivity index (χ3n) is 3.84. The Hall–Kier alpha value is -2.66. The number of H-pyrrole nitrogens is 2. The van der Waals surface area contributed by atoms with Crippen LogP contribution in [0.15, 0.2) is 38.8 Å². The predicted molar refractivity (Wildman–Crippen MR) is 116 cm³/mol. The second-order valence-corrected chi connectivity index (χ2v) is 6.76. The van der Waals surface area contributed by atoms with Gasteiger partial charge in [0.1, 0.15) is 11.6 Å². The van der Waals surface area contributed by atoms with Gasteiger partial charge in [0, 0.05) is 27.8 Å². The van der Waals surface area contributed by atoms with Crippen LogP contribution in [0.3, 0.4) is 0 Å². The van der Waals surface area contributed by atoms with Crippen LogP contribution in [0.2, 0.25) is 0 Å². The van der Waals surface area contributed by atoms with Gasteiger partial charge in [-0.25, -0.2) is 13.6 Å². The van der Waals surface area contributed by atoms with Crippen molar-refractivity contribution in [2.45, 2.75) is 38.8 Å². The molecule has 2 aromatic carbocycles. The van der Waals surface area contributed by atoms with Crippen molar-refractivity contribution in [2.75, 3.05) is 12.4 Å². The highest BCUT2D eigenvalue weighted by Crippen LogP contribution is 2.45. The van der Waals surface area contributed by atoms with Crippen LogP contribution in [0.4, 0.5) is 22.0 Å². The van der Waals surface area contributed by atoms with Crippen LogP contribution in [0, 0.1) is 11.6 Å². The molecular formula is C21H23F5N2O3S. The Balaban J connectivity index is 0.00000121. The van der Waals surface area contributed by atoms with Gasteiger partial charge in [0.15, 0.2) is 0 Å². The first kappa shape index (κ1) is 27.4. The quantitative estimate of drug-likeness (QED) is 0.350. The summed E-state index contributed by atoms with van der Waals surface area (Å²) < 4.78 is 68.9. The van der Waals surface area contributed by atoms with Gasteiger partial charge in [0.25, 0.3) is 5.56 Å². The van der Waals surface area contributed by atoms with E-state index < -0.39 is 57.7 Å². The summed E-state index contributed by atoms with van der Waals surface area (Å²) in [5.41, 5.74) is -4.80. The SMILES string of the molecule is CC.CC.O=c1[nH]c(=O)c2cc(C(F)(F)F)c(-c3ccc(F)cc3F)c(SCCO)c2[nH]1. The predicted octanol–water partition coefficient (Wildman–Crippen LogP) is 5.32. The lowest BCUT2D eigenvalue weighted by Crippen LogP contribution is -2.23. The van der Waals surface area contributed by atoms with Gasteiger partial charge in [-0.15, -0.1) is 11.8 Å². The highest BCUT2D eigenvalue weighted by molar-refractivity contribution is 7.99. The van der Waals surface area contributed by atoms with Gasteiger partial charge in [-0.2, -0.15) is 13.2 Å². The van der Waals surface area contributed by atoms with Crippen LogP contribution in [-0.4, -0.2) is 27.4 Å². The van der Waals surface area contributed by atoms with Crippen molar-refractivity contribution in [2.24, 2.45) is 0 Å². The average molecular weight is 478 g/mol. The summed E-state index contributed by atoms with van der Waals surface area (Å²) >= 11 is 0.699. The van der Waals surface area contributed by atoms with Crippen LogP contribution in [0.25, 0.3) is 22.0 Å². The minimum absolute atomic E-state index is 0.0962. The number of hydrogen-bond donors (Lipinski definition) is 3. The fraction of sp³-hybridized carbons (Fsp3) is 0.333. The maximum Gasteiger partial charge on any atom is 0.417 e. The molecule has 3 rings (SSSR count). The molecule has 0 fully saturated rings. The van der Waals surface area contributed by atoms with Crippen LogP contribution in [0.1, 0.15) is 33.3 Å². The molecule has 3 N–H and O–H groups in total. The molecule has 1 heterocycles. The monoisotopic (exact) mass is 478 g/mol. The molecule has 0 saturated heterocycles.